The molecule has 0 amide bonds. The summed E-state index contributed by atoms with van der Waals surface area (Å²) in [5.41, 5.74) is 0.569. The molecule has 7 heteroatoms. The fourth-order valence-corrected chi connectivity index (χ4v) is 2.88. The van der Waals surface area contributed by atoms with E-state index in [0.29, 0.717) is 12.0 Å². The Balaban J connectivity index is 2.55. The molecule has 0 aromatic carbocycles. The first-order valence-corrected chi connectivity index (χ1v) is 8.33. The first kappa shape index (κ1) is 21.1. The van der Waals surface area contributed by atoms with Crippen LogP contribution in [0.15, 0.2) is 11.6 Å². The molecule has 0 aliphatic carbocycles. The molecule has 140 valence electrons. The number of aliphatic hydroxyl groups excluding tert-OH is 3. The van der Waals surface area contributed by atoms with Crippen molar-refractivity contribution >= 4 is 5.97 Å². The molecule has 0 bridgehead atoms. The highest BCUT2D eigenvalue weighted by Crippen LogP contribution is 2.28. The number of aliphatic hydroxyl groups is 3. The van der Waals surface area contributed by atoms with Crippen LogP contribution in [-0.2, 0) is 14.3 Å². The van der Waals surface area contributed by atoms with Gasteiger partial charge in [0, 0.05) is 12.0 Å². The molecule has 0 aromatic heterocycles. The van der Waals surface area contributed by atoms with E-state index < -0.39 is 30.4 Å². The molecule has 1 heterocycles. The average Bonchev–Trinajstić information content (AvgIpc) is 2.46. The minimum atomic E-state index is -1.08. The predicted octanol–water partition coefficient (Wildman–Crippen LogP) is 0.709. The van der Waals surface area contributed by atoms with Crippen LogP contribution in [0.25, 0.3) is 0 Å². The molecule has 0 radical (unpaired) electrons. The number of carboxylic acids is 1. The van der Waals surface area contributed by atoms with Crippen molar-refractivity contribution in [2.24, 2.45) is 5.92 Å². The summed E-state index contributed by atoms with van der Waals surface area (Å²) in [4.78, 5) is 10.6. The summed E-state index contributed by atoms with van der Waals surface area (Å²) >= 11 is 0. The van der Waals surface area contributed by atoms with Crippen molar-refractivity contribution < 1.29 is 34.7 Å². The lowest BCUT2D eigenvalue weighted by Crippen LogP contribution is -2.51. The highest BCUT2D eigenvalue weighted by atomic mass is 16.5. The fourth-order valence-electron chi connectivity index (χ4n) is 2.88. The molecule has 7 atom stereocenters. The maximum Gasteiger partial charge on any atom is 0.328 e. The number of carboxylic acid groups (broad SMARTS) is 1. The monoisotopic (exact) mass is 346 g/mol. The van der Waals surface area contributed by atoms with Crippen molar-refractivity contribution in [2.75, 3.05) is 6.61 Å². The Morgan fingerprint density at radius 2 is 1.92 bits per heavy atom. The summed E-state index contributed by atoms with van der Waals surface area (Å²) in [7, 11) is 0. The maximum atomic E-state index is 10.6. The van der Waals surface area contributed by atoms with Crippen molar-refractivity contribution in [3.63, 3.8) is 0 Å². The van der Waals surface area contributed by atoms with E-state index in [1.165, 1.54) is 0 Å². The third kappa shape index (κ3) is 6.49. The Morgan fingerprint density at radius 1 is 1.29 bits per heavy atom. The van der Waals surface area contributed by atoms with Gasteiger partial charge in [0.05, 0.1) is 37.1 Å². The molecule has 1 fully saturated rings. The molecule has 0 aromatic rings. The molecule has 1 rings (SSSR count). The van der Waals surface area contributed by atoms with E-state index in [1.54, 1.807) is 20.8 Å². The Hall–Kier alpha value is -0.990. The number of rotatable bonds is 8. The smallest absolute Gasteiger partial charge is 0.328 e. The van der Waals surface area contributed by atoms with Crippen molar-refractivity contribution in [2.45, 2.75) is 77.2 Å². The van der Waals surface area contributed by atoms with E-state index in [4.69, 9.17) is 14.6 Å². The number of hydrogen-bond acceptors (Lipinski definition) is 6. The second-order valence-electron chi connectivity index (χ2n) is 6.77. The van der Waals surface area contributed by atoms with Gasteiger partial charge < -0.3 is 29.9 Å². The molecule has 24 heavy (non-hydrogen) atoms. The summed E-state index contributed by atoms with van der Waals surface area (Å²) < 4.78 is 11.3. The van der Waals surface area contributed by atoms with Crippen LogP contribution in [0.4, 0.5) is 0 Å². The summed E-state index contributed by atoms with van der Waals surface area (Å²) in [5.74, 6) is -1.33. The van der Waals surface area contributed by atoms with Crippen molar-refractivity contribution in [3.05, 3.63) is 11.6 Å². The number of aliphatic carboxylic acids is 1. The van der Waals surface area contributed by atoms with Crippen molar-refractivity contribution in [1.29, 1.82) is 0 Å². The average molecular weight is 346 g/mol. The molecule has 7 nitrogen and oxygen atoms in total. The second-order valence-corrected chi connectivity index (χ2v) is 6.77. The number of ether oxygens (including phenoxy) is 2. The summed E-state index contributed by atoms with van der Waals surface area (Å²) in [5, 5.41) is 38.8. The lowest BCUT2D eigenvalue weighted by atomic mass is 9.86. The highest BCUT2D eigenvalue weighted by molar-refractivity contribution is 5.80. The lowest BCUT2D eigenvalue weighted by Gasteiger charge is -2.39. The van der Waals surface area contributed by atoms with Crippen molar-refractivity contribution in [3.8, 4) is 0 Å². The van der Waals surface area contributed by atoms with Gasteiger partial charge in [0.15, 0.2) is 0 Å². The van der Waals surface area contributed by atoms with Gasteiger partial charge in [0.2, 0.25) is 0 Å². The van der Waals surface area contributed by atoms with Crippen molar-refractivity contribution in [1.82, 2.24) is 0 Å². The minimum Gasteiger partial charge on any atom is -0.478 e. The second kappa shape index (κ2) is 9.48. The summed E-state index contributed by atoms with van der Waals surface area (Å²) in [6.07, 6.45) is -1.95. The Bertz CT molecular complexity index is 435. The van der Waals surface area contributed by atoms with Gasteiger partial charge in [-0.15, -0.1) is 0 Å². The first-order chi connectivity index (χ1) is 11.1. The molecule has 0 spiro atoms. The predicted molar refractivity (Wildman–Crippen MR) is 87.6 cm³/mol. The topological polar surface area (TPSA) is 116 Å². The summed E-state index contributed by atoms with van der Waals surface area (Å²) in [6.45, 7) is 7.19. The number of hydrogen-bond donors (Lipinski definition) is 4. The Morgan fingerprint density at radius 3 is 2.46 bits per heavy atom. The van der Waals surface area contributed by atoms with E-state index in [2.05, 4.69) is 0 Å². The van der Waals surface area contributed by atoms with E-state index in [0.717, 1.165) is 6.08 Å². The molecule has 6 unspecified atom stereocenters. The van der Waals surface area contributed by atoms with Gasteiger partial charge in [-0.1, -0.05) is 5.57 Å². The number of carbonyl (C=O) groups is 1. The van der Waals surface area contributed by atoms with Gasteiger partial charge in [-0.2, -0.15) is 0 Å². The molecular weight excluding hydrogens is 316 g/mol. The van der Waals surface area contributed by atoms with Crippen LogP contribution in [-0.4, -0.2) is 69.6 Å². The largest absolute Gasteiger partial charge is 0.478 e. The zero-order chi connectivity index (χ0) is 18.4. The van der Waals surface area contributed by atoms with Gasteiger partial charge in [0.25, 0.3) is 0 Å². The molecule has 0 saturated carbocycles. The van der Waals surface area contributed by atoms with Gasteiger partial charge in [-0.05, 0) is 40.5 Å². The van der Waals surface area contributed by atoms with Crippen LogP contribution in [0.3, 0.4) is 0 Å². The van der Waals surface area contributed by atoms with E-state index in [9.17, 15) is 20.1 Å². The normalized spacial score (nSPS) is 32.2. The molecule has 1 saturated heterocycles. The van der Waals surface area contributed by atoms with Crippen LogP contribution in [0, 0.1) is 5.92 Å². The first-order valence-electron chi connectivity index (χ1n) is 8.33. The standard InChI is InChI=1S/C17H30O7/c1-9(6-15(19)20)5-14-17(22)16(21)13(8-23-14)7-10(2)24-12(4)11(3)18/h6,10-14,16-18,21-22H,5,7-8H2,1-4H3,(H,19,20)/b9-6+/t10?,11?,12-,13?,14?,16?,17?/m0/s1. The Kier molecular flexibility index (Phi) is 8.32. The molecular formula is C17H30O7. The lowest BCUT2D eigenvalue weighted by molar-refractivity contribution is -0.173. The third-order valence-corrected chi connectivity index (χ3v) is 4.39. The molecule has 1 aliphatic heterocycles. The van der Waals surface area contributed by atoms with Crippen LogP contribution in [0.5, 0.6) is 0 Å². The van der Waals surface area contributed by atoms with E-state index >= 15 is 0 Å². The van der Waals surface area contributed by atoms with Crippen LogP contribution < -0.4 is 0 Å². The minimum absolute atomic E-state index is 0.199. The van der Waals surface area contributed by atoms with Crippen LogP contribution in [0.2, 0.25) is 0 Å². The van der Waals surface area contributed by atoms with E-state index in [1.807, 2.05) is 6.92 Å². The zero-order valence-electron chi connectivity index (χ0n) is 14.8. The fraction of sp³-hybridized carbons (Fsp3) is 0.824. The maximum absolute atomic E-state index is 10.6. The van der Waals surface area contributed by atoms with Crippen LogP contribution >= 0.6 is 0 Å². The SMILES string of the molecule is C/C(=C\C(=O)O)CC1OCC(CC(C)O[C@@H](C)C(C)O)C(O)C1O. The van der Waals surface area contributed by atoms with Gasteiger partial charge in [0.1, 0.15) is 6.10 Å². The van der Waals surface area contributed by atoms with Gasteiger partial charge in [-0.3, -0.25) is 0 Å². The van der Waals surface area contributed by atoms with Gasteiger partial charge in [-0.25, -0.2) is 4.79 Å². The Labute approximate surface area is 142 Å². The zero-order valence-corrected chi connectivity index (χ0v) is 14.8. The van der Waals surface area contributed by atoms with E-state index in [-0.39, 0.29) is 31.2 Å². The quantitative estimate of drug-likeness (QED) is 0.478. The molecule has 1 aliphatic rings. The molecule has 4 N–H and O–H groups in total. The highest BCUT2D eigenvalue weighted by Gasteiger charge is 2.39. The third-order valence-electron chi connectivity index (χ3n) is 4.39. The van der Waals surface area contributed by atoms with Crippen LogP contribution in [0.1, 0.15) is 40.5 Å². The summed E-state index contributed by atoms with van der Waals surface area (Å²) in [6, 6.07) is 0. The van der Waals surface area contributed by atoms with Gasteiger partial charge >= 0.3 is 5.97 Å².